The van der Waals surface area contributed by atoms with Gasteiger partial charge in [0.1, 0.15) is 0 Å². The third-order valence-corrected chi connectivity index (χ3v) is 10.9. The summed E-state index contributed by atoms with van der Waals surface area (Å²) < 4.78 is 0. The van der Waals surface area contributed by atoms with Gasteiger partial charge in [-0.05, 0) is 109 Å². The normalized spacial score (nSPS) is 18.6. The first-order chi connectivity index (χ1) is 21.1. The summed E-state index contributed by atoms with van der Waals surface area (Å²) in [6.45, 7) is 2.46. The molecule has 208 valence electrons. The molecule has 0 spiro atoms. The lowest BCUT2D eigenvalue weighted by Crippen LogP contribution is -2.27. The highest BCUT2D eigenvalue weighted by Crippen LogP contribution is 2.65. The average Bonchev–Trinajstić information content (AvgIpc) is 3.38. The molecule has 5 aromatic carbocycles. The lowest BCUT2D eigenvalue weighted by atomic mass is 9.59. The number of rotatable bonds is 5. The Bertz CT molecular complexity index is 2040. The van der Waals surface area contributed by atoms with Crippen LogP contribution in [0.15, 0.2) is 143 Å². The molecule has 3 aliphatic carbocycles. The zero-order valence-corrected chi connectivity index (χ0v) is 26.3. The van der Waals surface area contributed by atoms with Crippen molar-refractivity contribution in [3.05, 3.63) is 155 Å². The summed E-state index contributed by atoms with van der Waals surface area (Å²) in [5, 5.41) is 2.71. The quantitative estimate of drug-likeness (QED) is 0.187. The number of thioether (sulfide) groups is 2. The van der Waals surface area contributed by atoms with Gasteiger partial charge in [-0.2, -0.15) is 0 Å². The summed E-state index contributed by atoms with van der Waals surface area (Å²) in [6, 6.07) is 40.9. The van der Waals surface area contributed by atoms with Crippen LogP contribution < -0.4 is 0 Å². The standard InChI is InChI=1S/C41H32S2/c1-41-22-11-10-19-35(41)36(26-13-6-4-7-14-26)38-33-18-12-17-32-31(28-23-29(42-2)25-30(24-28)43-3)20-21-34(37(32)33)39(38)40(41)27-15-8-5-9-16-27/h4-21,23-25H,22H2,1-3H3. The van der Waals surface area contributed by atoms with E-state index in [1.807, 2.05) is 23.5 Å². The summed E-state index contributed by atoms with van der Waals surface area (Å²) >= 11 is 3.63. The Balaban J connectivity index is 1.53. The molecule has 0 bridgehead atoms. The third-order valence-electron chi connectivity index (χ3n) is 9.46. The molecule has 0 heterocycles. The Hall–Kier alpha value is -3.98. The van der Waals surface area contributed by atoms with Crippen LogP contribution >= 0.6 is 23.5 Å². The van der Waals surface area contributed by atoms with E-state index in [2.05, 4.69) is 147 Å². The Morgan fingerprint density at radius 2 is 1.23 bits per heavy atom. The Morgan fingerprint density at radius 1 is 0.581 bits per heavy atom. The number of hydrogen-bond donors (Lipinski definition) is 0. The smallest absolute Gasteiger partial charge is 0.0227 e. The second-order valence-electron chi connectivity index (χ2n) is 11.8. The van der Waals surface area contributed by atoms with Gasteiger partial charge in [-0.1, -0.05) is 116 Å². The van der Waals surface area contributed by atoms with Crippen LogP contribution in [0.3, 0.4) is 0 Å². The molecular weight excluding hydrogens is 557 g/mol. The first kappa shape index (κ1) is 26.6. The number of hydrogen-bond acceptors (Lipinski definition) is 2. The van der Waals surface area contributed by atoms with Gasteiger partial charge in [-0.25, -0.2) is 0 Å². The lowest BCUT2D eigenvalue weighted by Gasteiger charge is -2.43. The van der Waals surface area contributed by atoms with Crippen LogP contribution in [0.2, 0.25) is 0 Å². The summed E-state index contributed by atoms with van der Waals surface area (Å²) in [5.74, 6) is 0. The van der Waals surface area contributed by atoms with Crippen molar-refractivity contribution in [3.8, 4) is 11.1 Å². The van der Waals surface area contributed by atoms with Crippen molar-refractivity contribution in [2.75, 3.05) is 12.5 Å². The minimum atomic E-state index is -0.146. The van der Waals surface area contributed by atoms with Crippen LogP contribution in [0.1, 0.15) is 35.6 Å². The van der Waals surface area contributed by atoms with E-state index in [0.29, 0.717) is 0 Å². The van der Waals surface area contributed by atoms with Gasteiger partial charge in [0.15, 0.2) is 0 Å². The summed E-state index contributed by atoms with van der Waals surface area (Å²) in [6.07, 6.45) is 12.3. The number of fused-ring (bicyclic) bond motifs is 4. The predicted molar refractivity (Wildman–Crippen MR) is 189 cm³/mol. The topological polar surface area (TPSA) is 0 Å². The van der Waals surface area contributed by atoms with E-state index in [9.17, 15) is 0 Å². The monoisotopic (exact) mass is 588 g/mol. The Morgan fingerprint density at radius 3 is 1.93 bits per heavy atom. The van der Waals surface area contributed by atoms with E-state index in [1.165, 1.54) is 81.8 Å². The molecule has 8 rings (SSSR count). The van der Waals surface area contributed by atoms with E-state index in [-0.39, 0.29) is 5.41 Å². The fourth-order valence-electron chi connectivity index (χ4n) is 7.57. The Labute approximate surface area is 262 Å². The van der Waals surface area contributed by atoms with Crippen LogP contribution in [0.5, 0.6) is 0 Å². The van der Waals surface area contributed by atoms with Gasteiger partial charge in [0, 0.05) is 15.2 Å². The molecule has 0 radical (unpaired) electrons. The molecule has 0 aromatic heterocycles. The molecule has 5 aromatic rings. The van der Waals surface area contributed by atoms with Crippen LogP contribution in [-0.2, 0) is 0 Å². The SMILES string of the molecule is CSc1cc(SC)cc(-c2ccc3c4c(cccc24)C2=C(c4ccccc4)C4=CC=CCC4(C)C(c4ccccc4)=C23)c1. The maximum Gasteiger partial charge on any atom is 0.0227 e. The maximum absolute atomic E-state index is 2.46. The third kappa shape index (κ3) is 4.00. The summed E-state index contributed by atoms with van der Waals surface area (Å²) in [5.41, 5.74) is 14.8. The van der Waals surface area contributed by atoms with E-state index >= 15 is 0 Å². The zero-order chi connectivity index (χ0) is 29.1. The van der Waals surface area contributed by atoms with Crippen molar-refractivity contribution in [1.82, 2.24) is 0 Å². The molecule has 2 heteroatoms. The van der Waals surface area contributed by atoms with E-state index < -0.39 is 0 Å². The lowest BCUT2D eigenvalue weighted by molar-refractivity contribution is 0.554. The van der Waals surface area contributed by atoms with Crippen LogP contribution in [-0.4, -0.2) is 12.5 Å². The molecule has 0 saturated carbocycles. The minimum Gasteiger partial charge on any atom is -0.130 e. The first-order valence-corrected chi connectivity index (χ1v) is 17.3. The second-order valence-corrected chi connectivity index (χ2v) is 13.5. The average molecular weight is 589 g/mol. The fraction of sp³-hybridized carbons (Fsp3) is 0.122. The van der Waals surface area contributed by atoms with Crippen molar-refractivity contribution in [1.29, 1.82) is 0 Å². The fourth-order valence-corrected chi connectivity index (χ4v) is 8.62. The predicted octanol–water partition coefficient (Wildman–Crippen LogP) is 11.7. The summed E-state index contributed by atoms with van der Waals surface area (Å²) in [7, 11) is 0. The molecule has 0 saturated heterocycles. The van der Waals surface area contributed by atoms with Gasteiger partial charge >= 0.3 is 0 Å². The van der Waals surface area contributed by atoms with E-state index in [0.717, 1.165) is 6.42 Å². The molecule has 3 aliphatic rings. The highest BCUT2D eigenvalue weighted by atomic mass is 32.2. The molecule has 1 unspecified atom stereocenters. The van der Waals surface area contributed by atoms with Crippen molar-refractivity contribution in [2.45, 2.75) is 23.1 Å². The highest BCUT2D eigenvalue weighted by molar-refractivity contribution is 7.99. The second kappa shape index (κ2) is 10.3. The molecular formula is C41H32S2. The largest absolute Gasteiger partial charge is 0.130 e. The first-order valence-electron chi connectivity index (χ1n) is 14.9. The number of benzene rings is 5. The van der Waals surface area contributed by atoms with Gasteiger partial charge in [0.2, 0.25) is 0 Å². The van der Waals surface area contributed by atoms with Crippen LogP contribution in [0.25, 0.3) is 44.2 Å². The van der Waals surface area contributed by atoms with Crippen LogP contribution in [0, 0.1) is 5.41 Å². The minimum absolute atomic E-state index is 0.146. The van der Waals surface area contributed by atoms with Gasteiger partial charge < -0.3 is 0 Å². The van der Waals surface area contributed by atoms with E-state index in [1.54, 1.807) is 0 Å². The molecule has 1 atom stereocenters. The zero-order valence-electron chi connectivity index (χ0n) is 24.6. The van der Waals surface area contributed by atoms with Gasteiger partial charge in [0.05, 0.1) is 0 Å². The van der Waals surface area contributed by atoms with Crippen molar-refractivity contribution in [2.24, 2.45) is 5.41 Å². The molecule has 0 fully saturated rings. The highest BCUT2D eigenvalue weighted by Gasteiger charge is 2.46. The maximum atomic E-state index is 2.46. The van der Waals surface area contributed by atoms with Gasteiger partial charge in [0.25, 0.3) is 0 Å². The van der Waals surface area contributed by atoms with Crippen molar-refractivity contribution >= 4 is 56.6 Å². The van der Waals surface area contributed by atoms with Gasteiger partial charge in [-0.3, -0.25) is 0 Å². The van der Waals surface area contributed by atoms with Gasteiger partial charge in [-0.15, -0.1) is 23.5 Å². The van der Waals surface area contributed by atoms with Crippen molar-refractivity contribution in [3.63, 3.8) is 0 Å². The Kier molecular flexibility index (Phi) is 6.40. The molecule has 0 N–H and O–H groups in total. The molecule has 43 heavy (non-hydrogen) atoms. The molecule has 0 amide bonds. The van der Waals surface area contributed by atoms with Crippen LogP contribution in [0.4, 0.5) is 0 Å². The van der Waals surface area contributed by atoms with E-state index in [4.69, 9.17) is 0 Å². The van der Waals surface area contributed by atoms with Crippen molar-refractivity contribution < 1.29 is 0 Å². The molecule has 0 nitrogen and oxygen atoms in total. The summed E-state index contributed by atoms with van der Waals surface area (Å²) in [4.78, 5) is 2.61. The molecule has 0 aliphatic heterocycles. The number of allylic oxidation sites excluding steroid dienone is 8.